The molecule has 3 unspecified atom stereocenters. The van der Waals surface area contributed by atoms with E-state index in [1.54, 1.807) is 26.6 Å². The van der Waals surface area contributed by atoms with Gasteiger partial charge in [0.05, 0.1) is 30.1 Å². The number of esters is 1. The van der Waals surface area contributed by atoms with Gasteiger partial charge in [-0.2, -0.15) is 0 Å². The normalized spacial score (nSPS) is 28.6. The van der Waals surface area contributed by atoms with E-state index in [-0.39, 0.29) is 49.6 Å². The molecule has 40 heavy (non-hydrogen) atoms. The van der Waals surface area contributed by atoms with Crippen LogP contribution in [-0.2, 0) is 30.5 Å². The summed E-state index contributed by atoms with van der Waals surface area (Å²) in [6.45, 7) is 8.17. The Bertz CT molecular complexity index is 1300. The second kappa shape index (κ2) is 11.8. The van der Waals surface area contributed by atoms with E-state index in [2.05, 4.69) is 39.4 Å². The maximum atomic E-state index is 14.5. The Morgan fingerprint density at radius 2 is 2.08 bits per heavy atom. The first-order valence-corrected chi connectivity index (χ1v) is 14.5. The van der Waals surface area contributed by atoms with Crippen LogP contribution < -0.4 is 0 Å². The third-order valence-electron chi connectivity index (χ3n) is 8.05. The molecule has 1 aromatic carbocycles. The number of fused-ring (bicyclic) bond motifs is 2. The van der Waals surface area contributed by atoms with E-state index in [4.69, 9.17) is 9.47 Å². The van der Waals surface area contributed by atoms with Gasteiger partial charge in [0.2, 0.25) is 11.8 Å². The molecule has 1 N–H and O–H groups in total. The number of nitrogens with zero attached hydrogens (tertiary/aromatic N) is 5. The number of hydrogen-bond acceptors (Lipinski definition) is 8. The topological polar surface area (TPSA) is 127 Å². The predicted octanol–water partition coefficient (Wildman–Crippen LogP) is 2.04. The van der Waals surface area contributed by atoms with Crippen molar-refractivity contribution in [1.29, 1.82) is 0 Å². The molecule has 2 amide bonds. The van der Waals surface area contributed by atoms with E-state index in [0.29, 0.717) is 31.2 Å². The number of alkyl halides is 1. The van der Waals surface area contributed by atoms with Gasteiger partial charge >= 0.3 is 5.97 Å². The van der Waals surface area contributed by atoms with Crippen LogP contribution in [0.5, 0.6) is 0 Å². The standard InChI is InChI=1S/C28H34BrN5O6/c1-3-5-15-39-27(38)21-22-25(36)33(13-8-9-14-35)24(28(22)16-18(29)23(21)40-28)26(37)32(12-4-2)17-34-20-11-7-6-10-19(20)30-31-34/h3-4,6-7,10-11,18,21-24,35H,1-2,5,8-9,12-17H2/t18?,21-,22+,23-,24?,28?/m1/s1. The number of likely N-dealkylation sites (tertiary alicyclic amines) is 1. The fraction of sp³-hybridized carbons (Fsp3) is 0.536. The average molecular weight is 617 g/mol. The number of benzene rings is 1. The quantitative estimate of drug-likeness (QED) is 0.157. The molecule has 2 aromatic rings. The summed E-state index contributed by atoms with van der Waals surface area (Å²) in [5, 5.41) is 17.8. The highest BCUT2D eigenvalue weighted by atomic mass is 79.9. The summed E-state index contributed by atoms with van der Waals surface area (Å²) in [5.41, 5.74) is 0.271. The number of unbranched alkanes of at least 4 members (excludes halogenated alkanes) is 1. The Kier molecular flexibility index (Phi) is 8.39. The summed E-state index contributed by atoms with van der Waals surface area (Å²) in [7, 11) is 0. The molecule has 3 saturated heterocycles. The molecule has 1 spiro atoms. The van der Waals surface area contributed by atoms with Crippen LogP contribution in [0.4, 0.5) is 0 Å². The summed E-state index contributed by atoms with van der Waals surface area (Å²) in [5.74, 6) is -2.80. The fourth-order valence-electron chi connectivity index (χ4n) is 6.38. The van der Waals surface area contributed by atoms with E-state index in [9.17, 15) is 19.5 Å². The highest BCUT2D eigenvalue weighted by Gasteiger charge is 2.77. The van der Waals surface area contributed by atoms with Gasteiger partial charge < -0.3 is 24.4 Å². The summed E-state index contributed by atoms with van der Waals surface area (Å²) in [6.07, 6.45) is 4.55. The minimum absolute atomic E-state index is 0.0303. The van der Waals surface area contributed by atoms with Crippen molar-refractivity contribution in [2.24, 2.45) is 11.8 Å². The summed E-state index contributed by atoms with van der Waals surface area (Å²) in [6, 6.07) is 6.50. The Balaban J connectivity index is 1.50. The van der Waals surface area contributed by atoms with Crippen molar-refractivity contribution in [2.75, 3.05) is 26.3 Å². The van der Waals surface area contributed by atoms with Crippen LogP contribution in [0.2, 0.25) is 0 Å². The smallest absolute Gasteiger partial charge is 0.312 e. The Morgan fingerprint density at radius 3 is 2.83 bits per heavy atom. The molecule has 5 rings (SSSR count). The molecule has 1 aromatic heterocycles. The van der Waals surface area contributed by atoms with Gasteiger partial charge in [0.25, 0.3) is 0 Å². The van der Waals surface area contributed by atoms with Gasteiger partial charge in [0.1, 0.15) is 23.8 Å². The van der Waals surface area contributed by atoms with Crippen LogP contribution in [0.1, 0.15) is 25.7 Å². The van der Waals surface area contributed by atoms with Crippen molar-refractivity contribution in [3.05, 3.63) is 49.6 Å². The number of ether oxygens (including phenoxy) is 2. The monoisotopic (exact) mass is 615 g/mol. The average Bonchev–Trinajstić information content (AvgIpc) is 3.66. The molecule has 11 nitrogen and oxygen atoms in total. The molecule has 0 aliphatic carbocycles. The first kappa shape index (κ1) is 28.4. The third-order valence-corrected chi connectivity index (χ3v) is 8.90. The summed E-state index contributed by atoms with van der Waals surface area (Å²) < 4.78 is 13.7. The van der Waals surface area contributed by atoms with Crippen molar-refractivity contribution >= 4 is 44.7 Å². The van der Waals surface area contributed by atoms with Gasteiger partial charge in [-0.1, -0.05) is 45.4 Å². The van der Waals surface area contributed by atoms with Gasteiger partial charge in [-0.05, 0) is 37.8 Å². The highest BCUT2D eigenvalue weighted by Crippen LogP contribution is 2.60. The number of aromatic nitrogens is 3. The molecule has 3 aliphatic heterocycles. The Labute approximate surface area is 240 Å². The minimum atomic E-state index is -1.20. The van der Waals surface area contributed by atoms with Crippen molar-refractivity contribution in [1.82, 2.24) is 24.8 Å². The first-order valence-electron chi connectivity index (χ1n) is 13.6. The molecule has 214 valence electrons. The molecule has 12 heteroatoms. The van der Waals surface area contributed by atoms with Crippen molar-refractivity contribution in [3.63, 3.8) is 0 Å². The highest BCUT2D eigenvalue weighted by molar-refractivity contribution is 9.09. The van der Waals surface area contributed by atoms with E-state index in [1.807, 2.05) is 24.3 Å². The van der Waals surface area contributed by atoms with E-state index in [1.165, 1.54) is 0 Å². The maximum Gasteiger partial charge on any atom is 0.312 e. The molecule has 6 atom stereocenters. The van der Waals surface area contributed by atoms with E-state index in [0.717, 1.165) is 5.52 Å². The lowest BCUT2D eigenvalue weighted by Gasteiger charge is -2.37. The number of aliphatic hydroxyl groups excluding tert-OH is 1. The van der Waals surface area contributed by atoms with Crippen molar-refractivity contribution in [3.8, 4) is 0 Å². The Hall–Kier alpha value is -3.09. The van der Waals surface area contributed by atoms with E-state index < -0.39 is 35.6 Å². The van der Waals surface area contributed by atoms with Crippen LogP contribution in [-0.4, -0.2) is 96.6 Å². The van der Waals surface area contributed by atoms with Crippen molar-refractivity contribution in [2.45, 2.75) is 54.9 Å². The van der Waals surface area contributed by atoms with Gasteiger partial charge in [0.15, 0.2) is 0 Å². The van der Waals surface area contributed by atoms with Crippen molar-refractivity contribution < 1.29 is 29.0 Å². The lowest BCUT2D eigenvalue weighted by Crippen LogP contribution is -2.57. The lowest BCUT2D eigenvalue weighted by molar-refractivity contribution is -0.155. The number of carbonyl (C=O) groups excluding carboxylic acids is 3. The molecule has 2 bridgehead atoms. The number of rotatable bonds is 13. The van der Waals surface area contributed by atoms with Crippen LogP contribution in [0.25, 0.3) is 11.0 Å². The number of hydrogen-bond donors (Lipinski definition) is 1. The minimum Gasteiger partial charge on any atom is -0.465 e. The molecular weight excluding hydrogens is 582 g/mol. The van der Waals surface area contributed by atoms with Gasteiger partial charge in [-0.15, -0.1) is 18.3 Å². The zero-order chi connectivity index (χ0) is 28.4. The second-order valence-corrected chi connectivity index (χ2v) is 11.6. The number of para-hydroxylation sites is 1. The number of aliphatic hydroxyl groups is 1. The summed E-state index contributed by atoms with van der Waals surface area (Å²) >= 11 is 3.67. The van der Waals surface area contributed by atoms with Gasteiger partial charge in [0, 0.05) is 24.5 Å². The fourth-order valence-corrected chi connectivity index (χ4v) is 7.32. The summed E-state index contributed by atoms with van der Waals surface area (Å²) in [4.78, 5) is 44.7. The SMILES string of the molecule is C=CCCOC(=O)[C@H]1[C@@H]2OC3(CC2Br)C(C(=O)N(CC=C)Cn2nnc4ccccc42)N(CCCCO)C(=O)[C@H]13. The van der Waals surface area contributed by atoms with Crippen LogP contribution in [0.15, 0.2) is 49.6 Å². The molecule has 0 saturated carbocycles. The van der Waals surface area contributed by atoms with Crippen LogP contribution >= 0.6 is 15.9 Å². The molecule has 4 heterocycles. The lowest BCUT2D eigenvalue weighted by atomic mass is 9.70. The predicted molar refractivity (Wildman–Crippen MR) is 149 cm³/mol. The van der Waals surface area contributed by atoms with Crippen LogP contribution in [0, 0.1) is 11.8 Å². The number of halogens is 1. The zero-order valence-corrected chi connectivity index (χ0v) is 23.8. The number of carbonyl (C=O) groups is 3. The molecule has 3 fully saturated rings. The molecular formula is C28H34BrN5O6. The van der Waals surface area contributed by atoms with Gasteiger partial charge in [-0.3, -0.25) is 14.4 Å². The molecule has 3 aliphatic rings. The van der Waals surface area contributed by atoms with E-state index >= 15 is 0 Å². The zero-order valence-electron chi connectivity index (χ0n) is 22.2. The molecule has 0 radical (unpaired) electrons. The third kappa shape index (κ3) is 4.75. The second-order valence-electron chi connectivity index (χ2n) is 10.4. The first-order chi connectivity index (χ1) is 19.4. The van der Waals surface area contributed by atoms with Crippen LogP contribution in [0.3, 0.4) is 0 Å². The maximum absolute atomic E-state index is 14.5. The van der Waals surface area contributed by atoms with Gasteiger partial charge in [-0.25, -0.2) is 4.68 Å². The Morgan fingerprint density at radius 1 is 1.27 bits per heavy atom. The number of amides is 2. The largest absolute Gasteiger partial charge is 0.465 e.